The van der Waals surface area contributed by atoms with Gasteiger partial charge in [0.15, 0.2) is 9.84 Å². The summed E-state index contributed by atoms with van der Waals surface area (Å²) in [5, 5.41) is 0. The summed E-state index contributed by atoms with van der Waals surface area (Å²) in [6, 6.07) is 14.6. The molecule has 2 aromatic rings. The molecule has 0 saturated carbocycles. The van der Waals surface area contributed by atoms with E-state index >= 15 is 0 Å². The fraction of sp³-hybridized carbons (Fsp3) is 0.0769. The number of sulfone groups is 1. The molecule has 0 aromatic heterocycles. The Balaban J connectivity index is 2.64. The van der Waals surface area contributed by atoms with E-state index in [0.29, 0.717) is 4.90 Å². The Bertz CT molecular complexity index is 631. The first-order chi connectivity index (χ1) is 7.98. The molecule has 0 radical (unpaired) electrons. The van der Waals surface area contributed by atoms with E-state index in [1.165, 1.54) is 6.26 Å². The van der Waals surface area contributed by atoms with Crippen molar-refractivity contribution in [3.05, 3.63) is 53.0 Å². The Hall–Kier alpha value is -1.13. The van der Waals surface area contributed by atoms with Crippen LogP contribution in [0.4, 0.5) is 0 Å². The molecule has 4 heteroatoms. The van der Waals surface area contributed by atoms with Gasteiger partial charge in [-0.25, -0.2) is 8.42 Å². The second-order valence-corrected chi connectivity index (χ2v) is 6.68. The summed E-state index contributed by atoms with van der Waals surface area (Å²) in [6.07, 6.45) is 1.23. The smallest absolute Gasteiger partial charge is 0.176 e. The number of rotatable bonds is 2. The Morgan fingerprint density at radius 3 is 2.12 bits per heavy atom. The molecule has 0 atom stereocenters. The van der Waals surface area contributed by atoms with Crippen LogP contribution in [0.1, 0.15) is 0 Å². The largest absolute Gasteiger partial charge is 0.224 e. The second kappa shape index (κ2) is 4.63. The third kappa shape index (κ3) is 2.76. The van der Waals surface area contributed by atoms with Crippen LogP contribution in [0, 0.1) is 0 Å². The predicted molar refractivity (Wildman–Crippen MR) is 72.7 cm³/mol. The number of hydrogen-bond donors (Lipinski definition) is 0. The van der Waals surface area contributed by atoms with Gasteiger partial charge in [0.05, 0.1) is 4.90 Å². The van der Waals surface area contributed by atoms with Crippen LogP contribution in [0.25, 0.3) is 11.1 Å². The summed E-state index contributed by atoms with van der Waals surface area (Å²) in [5.41, 5.74) is 1.64. The van der Waals surface area contributed by atoms with Gasteiger partial charge < -0.3 is 0 Å². The minimum Gasteiger partial charge on any atom is -0.224 e. The first kappa shape index (κ1) is 12.3. The van der Waals surface area contributed by atoms with Gasteiger partial charge in [0.2, 0.25) is 0 Å². The molecule has 2 aromatic carbocycles. The molecule has 0 unspecified atom stereocenters. The third-order valence-corrected chi connectivity index (χ3v) is 4.13. The van der Waals surface area contributed by atoms with Crippen molar-refractivity contribution in [2.24, 2.45) is 0 Å². The highest BCUT2D eigenvalue weighted by atomic mass is 79.9. The third-order valence-electron chi connectivity index (χ3n) is 2.44. The highest BCUT2D eigenvalue weighted by Gasteiger charge is 2.13. The Kier molecular flexibility index (Phi) is 3.35. The fourth-order valence-electron chi connectivity index (χ4n) is 1.66. The van der Waals surface area contributed by atoms with Gasteiger partial charge in [-0.15, -0.1) is 0 Å². The van der Waals surface area contributed by atoms with E-state index in [-0.39, 0.29) is 0 Å². The number of hydrogen-bond acceptors (Lipinski definition) is 2. The van der Waals surface area contributed by atoms with Gasteiger partial charge in [-0.1, -0.05) is 46.3 Å². The quantitative estimate of drug-likeness (QED) is 0.850. The maximum Gasteiger partial charge on any atom is 0.176 e. The predicted octanol–water partition coefficient (Wildman–Crippen LogP) is 3.52. The van der Waals surface area contributed by atoms with Gasteiger partial charge in [0.1, 0.15) is 0 Å². The molecule has 0 aliphatic heterocycles. The molecule has 0 spiro atoms. The van der Waals surface area contributed by atoms with Crippen LogP contribution in [-0.4, -0.2) is 14.7 Å². The summed E-state index contributed by atoms with van der Waals surface area (Å²) in [6.45, 7) is 0. The van der Waals surface area contributed by atoms with Crippen molar-refractivity contribution in [1.29, 1.82) is 0 Å². The lowest BCUT2D eigenvalue weighted by atomic mass is 10.1. The maximum absolute atomic E-state index is 11.7. The van der Waals surface area contributed by atoms with Gasteiger partial charge in [-0.2, -0.15) is 0 Å². The van der Waals surface area contributed by atoms with E-state index in [1.54, 1.807) is 12.1 Å². The normalized spacial score (nSPS) is 11.4. The maximum atomic E-state index is 11.7. The van der Waals surface area contributed by atoms with Crippen molar-refractivity contribution >= 4 is 25.8 Å². The first-order valence-electron chi connectivity index (χ1n) is 5.03. The summed E-state index contributed by atoms with van der Waals surface area (Å²) >= 11 is 3.36. The van der Waals surface area contributed by atoms with Crippen molar-refractivity contribution in [1.82, 2.24) is 0 Å². The second-order valence-electron chi connectivity index (χ2n) is 3.78. The van der Waals surface area contributed by atoms with Gasteiger partial charge >= 0.3 is 0 Å². The van der Waals surface area contributed by atoms with Crippen molar-refractivity contribution in [3.63, 3.8) is 0 Å². The fourth-order valence-corrected chi connectivity index (χ4v) is 2.83. The Labute approximate surface area is 109 Å². The molecule has 0 bridgehead atoms. The molecule has 2 rings (SSSR count). The van der Waals surface area contributed by atoms with Crippen LogP contribution in [0.2, 0.25) is 0 Å². The zero-order valence-corrected chi connectivity index (χ0v) is 11.6. The molecule has 0 saturated heterocycles. The molecular formula is C13H11BrO2S. The molecule has 0 fully saturated rings. The molecule has 0 aliphatic carbocycles. The Morgan fingerprint density at radius 2 is 1.53 bits per heavy atom. The van der Waals surface area contributed by atoms with Crippen molar-refractivity contribution in [2.45, 2.75) is 4.90 Å². The zero-order chi connectivity index (χ0) is 12.5. The van der Waals surface area contributed by atoms with E-state index in [4.69, 9.17) is 0 Å². The average molecular weight is 311 g/mol. The molecule has 0 aliphatic rings. The van der Waals surface area contributed by atoms with E-state index in [9.17, 15) is 8.42 Å². The van der Waals surface area contributed by atoms with Crippen LogP contribution in [-0.2, 0) is 9.84 Å². The highest BCUT2D eigenvalue weighted by molar-refractivity contribution is 9.10. The molecule has 0 amide bonds. The van der Waals surface area contributed by atoms with Gasteiger partial charge in [-0.05, 0) is 23.8 Å². The molecular weight excluding hydrogens is 300 g/mol. The molecule has 0 heterocycles. The summed E-state index contributed by atoms with van der Waals surface area (Å²) < 4.78 is 24.3. The SMILES string of the molecule is CS(=O)(=O)c1ccccc1-c1ccc(Br)cc1. The molecule has 2 nitrogen and oxygen atoms in total. The van der Waals surface area contributed by atoms with E-state index < -0.39 is 9.84 Å². The van der Waals surface area contributed by atoms with Crippen molar-refractivity contribution < 1.29 is 8.42 Å². The van der Waals surface area contributed by atoms with Crippen LogP contribution in [0.15, 0.2) is 57.9 Å². The van der Waals surface area contributed by atoms with Crippen LogP contribution >= 0.6 is 15.9 Å². The van der Waals surface area contributed by atoms with Crippen LogP contribution in [0.5, 0.6) is 0 Å². The average Bonchev–Trinajstić information content (AvgIpc) is 2.29. The zero-order valence-electron chi connectivity index (χ0n) is 9.22. The molecule has 88 valence electrons. The summed E-state index contributed by atoms with van der Waals surface area (Å²) in [5.74, 6) is 0. The van der Waals surface area contributed by atoms with Crippen molar-refractivity contribution in [2.75, 3.05) is 6.26 Å². The van der Waals surface area contributed by atoms with E-state index in [2.05, 4.69) is 15.9 Å². The minimum absolute atomic E-state index is 0.363. The lowest BCUT2D eigenvalue weighted by molar-refractivity contribution is 0.602. The first-order valence-corrected chi connectivity index (χ1v) is 7.72. The molecule has 0 N–H and O–H groups in total. The topological polar surface area (TPSA) is 34.1 Å². The Morgan fingerprint density at radius 1 is 0.941 bits per heavy atom. The standard InChI is InChI=1S/C13H11BrO2S/c1-17(15,16)13-5-3-2-4-12(13)10-6-8-11(14)9-7-10/h2-9H,1H3. The van der Waals surface area contributed by atoms with Crippen molar-refractivity contribution in [3.8, 4) is 11.1 Å². The minimum atomic E-state index is -3.20. The monoisotopic (exact) mass is 310 g/mol. The van der Waals surface area contributed by atoms with E-state index in [0.717, 1.165) is 15.6 Å². The van der Waals surface area contributed by atoms with Gasteiger partial charge in [0.25, 0.3) is 0 Å². The lowest BCUT2D eigenvalue weighted by Gasteiger charge is -2.07. The number of halogens is 1. The van der Waals surface area contributed by atoms with E-state index in [1.807, 2.05) is 36.4 Å². The van der Waals surface area contributed by atoms with Gasteiger partial charge in [0, 0.05) is 16.3 Å². The van der Waals surface area contributed by atoms with Crippen LogP contribution in [0.3, 0.4) is 0 Å². The van der Waals surface area contributed by atoms with Crippen LogP contribution < -0.4 is 0 Å². The molecule has 17 heavy (non-hydrogen) atoms. The van der Waals surface area contributed by atoms with Gasteiger partial charge in [-0.3, -0.25) is 0 Å². The highest BCUT2D eigenvalue weighted by Crippen LogP contribution is 2.28. The lowest BCUT2D eigenvalue weighted by Crippen LogP contribution is -1.99. The number of benzene rings is 2. The summed E-state index contributed by atoms with van der Waals surface area (Å²) in [7, 11) is -3.20. The summed E-state index contributed by atoms with van der Waals surface area (Å²) in [4.78, 5) is 0.363.